The minimum atomic E-state index is 0.0756. The summed E-state index contributed by atoms with van der Waals surface area (Å²) >= 11 is 18.6. The summed E-state index contributed by atoms with van der Waals surface area (Å²) < 4.78 is 8.17. The Morgan fingerprint density at radius 2 is 1.92 bits per heavy atom. The molecule has 0 aliphatic heterocycles. The molecule has 0 aliphatic carbocycles. The van der Waals surface area contributed by atoms with Crippen molar-refractivity contribution in [1.29, 1.82) is 0 Å². The van der Waals surface area contributed by atoms with E-state index < -0.39 is 0 Å². The first kappa shape index (κ1) is 19.1. The van der Waals surface area contributed by atoms with Crippen LogP contribution in [0.2, 0.25) is 15.1 Å². The average Bonchev–Trinajstić information content (AvgIpc) is 3.15. The molecule has 3 aromatic rings. The van der Waals surface area contributed by atoms with Crippen molar-refractivity contribution in [3.05, 3.63) is 81.3 Å². The van der Waals surface area contributed by atoms with Crippen LogP contribution in [0.1, 0.15) is 36.9 Å². The molecule has 3 nitrogen and oxygen atoms in total. The molecule has 0 radical (unpaired) electrons. The molecular weight excluding hydrogens is 391 g/mol. The molecule has 0 saturated carbocycles. The lowest BCUT2D eigenvalue weighted by Gasteiger charge is -2.22. The van der Waals surface area contributed by atoms with Gasteiger partial charge in [0.15, 0.2) is 0 Å². The lowest BCUT2D eigenvalue weighted by Crippen LogP contribution is -2.11. The van der Waals surface area contributed by atoms with Crippen LogP contribution < -0.4 is 4.74 Å². The first-order valence-corrected chi connectivity index (χ1v) is 9.55. The van der Waals surface area contributed by atoms with Gasteiger partial charge in [-0.15, -0.1) is 0 Å². The molecule has 1 heterocycles. The van der Waals surface area contributed by atoms with Crippen molar-refractivity contribution in [3.63, 3.8) is 0 Å². The van der Waals surface area contributed by atoms with Crippen LogP contribution in [-0.2, 0) is 6.61 Å². The maximum Gasteiger partial charge on any atom is 0.126 e. The molecule has 0 amide bonds. The van der Waals surface area contributed by atoms with Crippen molar-refractivity contribution in [1.82, 2.24) is 9.55 Å². The lowest BCUT2D eigenvalue weighted by atomic mass is 10.0. The number of aromatic nitrogens is 2. The first-order chi connectivity index (χ1) is 12.6. The second kappa shape index (κ2) is 8.81. The van der Waals surface area contributed by atoms with E-state index in [2.05, 4.69) is 16.5 Å². The summed E-state index contributed by atoms with van der Waals surface area (Å²) in [6, 6.07) is 11.3. The van der Waals surface area contributed by atoms with E-state index >= 15 is 0 Å². The van der Waals surface area contributed by atoms with Crippen molar-refractivity contribution in [2.75, 3.05) is 0 Å². The van der Waals surface area contributed by atoms with E-state index in [0.29, 0.717) is 27.4 Å². The van der Waals surface area contributed by atoms with Gasteiger partial charge in [-0.25, -0.2) is 4.98 Å². The molecule has 0 spiro atoms. The normalized spacial score (nSPS) is 12.2. The highest BCUT2D eigenvalue weighted by molar-refractivity contribution is 6.42. The van der Waals surface area contributed by atoms with Gasteiger partial charge in [0.25, 0.3) is 0 Å². The number of rotatable bonds is 7. The quantitative estimate of drug-likeness (QED) is 0.428. The van der Waals surface area contributed by atoms with Crippen molar-refractivity contribution < 1.29 is 4.74 Å². The fourth-order valence-electron chi connectivity index (χ4n) is 2.91. The Kier molecular flexibility index (Phi) is 6.47. The SMILES string of the molecule is CCCC(c1cc(Cl)c(Cl)cc1OCc1cccc(Cl)c1)n1ccnc1. The Morgan fingerprint density at radius 1 is 1.12 bits per heavy atom. The van der Waals surface area contributed by atoms with Crippen molar-refractivity contribution in [2.24, 2.45) is 0 Å². The molecule has 0 bridgehead atoms. The second-order valence-corrected chi connectivity index (χ2v) is 7.29. The van der Waals surface area contributed by atoms with Gasteiger partial charge in [-0.1, -0.05) is 60.3 Å². The van der Waals surface area contributed by atoms with E-state index in [1.54, 1.807) is 12.3 Å². The summed E-state index contributed by atoms with van der Waals surface area (Å²) in [5.74, 6) is 0.714. The summed E-state index contributed by atoms with van der Waals surface area (Å²) in [6.07, 6.45) is 7.47. The third kappa shape index (κ3) is 4.53. The highest BCUT2D eigenvalue weighted by Crippen LogP contribution is 2.37. The van der Waals surface area contributed by atoms with Crippen LogP contribution in [0, 0.1) is 0 Å². The minimum Gasteiger partial charge on any atom is -0.488 e. The smallest absolute Gasteiger partial charge is 0.126 e. The summed E-state index contributed by atoms with van der Waals surface area (Å²) in [7, 11) is 0. The fraction of sp³-hybridized carbons (Fsp3) is 0.250. The van der Waals surface area contributed by atoms with E-state index in [1.165, 1.54) is 0 Å². The predicted octanol–water partition coefficient (Wildman–Crippen LogP) is 6.81. The molecule has 6 heteroatoms. The summed E-state index contributed by atoms with van der Waals surface area (Å²) in [4.78, 5) is 4.17. The number of imidazole rings is 1. The summed E-state index contributed by atoms with van der Waals surface area (Å²) in [5.41, 5.74) is 1.98. The highest BCUT2D eigenvalue weighted by Gasteiger charge is 2.19. The van der Waals surface area contributed by atoms with Crippen LogP contribution in [0.5, 0.6) is 5.75 Å². The molecule has 0 fully saturated rings. The Labute approximate surface area is 168 Å². The highest BCUT2D eigenvalue weighted by atomic mass is 35.5. The fourth-order valence-corrected chi connectivity index (χ4v) is 3.45. The van der Waals surface area contributed by atoms with Gasteiger partial charge in [-0.05, 0) is 30.2 Å². The van der Waals surface area contributed by atoms with Gasteiger partial charge in [0, 0.05) is 29.0 Å². The zero-order valence-electron chi connectivity index (χ0n) is 14.3. The van der Waals surface area contributed by atoms with Crippen LogP contribution in [0.3, 0.4) is 0 Å². The summed E-state index contributed by atoms with van der Waals surface area (Å²) in [5, 5.41) is 1.66. The Balaban J connectivity index is 1.94. The molecule has 1 aromatic heterocycles. The van der Waals surface area contributed by atoms with Gasteiger partial charge in [0.05, 0.1) is 22.4 Å². The molecular formula is C20H19Cl3N2O. The minimum absolute atomic E-state index is 0.0756. The van der Waals surface area contributed by atoms with E-state index in [1.807, 2.05) is 42.9 Å². The average molecular weight is 410 g/mol. The topological polar surface area (TPSA) is 27.1 Å². The monoisotopic (exact) mass is 408 g/mol. The van der Waals surface area contributed by atoms with Gasteiger partial charge in [-0.2, -0.15) is 0 Å². The molecule has 0 saturated heterocycles. The van der Waals surface area contributed by atoms with E-state index in [-0.39, 0.29) is 6.04 Å². The van der Waals surface area contributed by atoms with Crippen LogP contribution in [-0.4, -0.2) is 9.55 Å². The maximum atomic E-state index is 6.30. The van der Waals surface area contributed by atoms with Gasteiger partial charge in [0.2, 0.25) is 0 Å². The van der Waals surface area contributed by atoms with Crippen molar-refractivity contribution >= 4 is 34.8 Å². The van der Waals surface area contributed by atoms with E-state index in [0.717, 1.165) is 24.0 Å². The van der Waals surface area contributed by atoms with Crippen LogP contribution >= 0.6 is 34.8 Å². The van der Waals surface area contributed by atoms with Crippen LogP contribution in [0.15, 0.2) is 55.1 Å². The Hall–Kier alpha value is -1.68. The molecule has 1 unspecified atom stereocenters. The number of nitrogens with zero attached hydrogens (tertiary/aromatic N) is 2. The largest absolute Gasteiger partial charge is 0.488 e. The van der Waals surface area contributed by atoms with Gasteiger partial charge < -0.3 is 9.30 Å². The van der Waals surface area contributed by atoms with Crippen LogP contribution in [0.4, 0.5) is 0 Å². The predicted molar refractivity (Wildman–Crippen MR) is 108 cm³/mol. The number of hydrogen-bond acceptors (Lipinski definition) is 2. The number of benzene rings is 2. The molecule has 0 aliphatic rings. The molecule has 2 aromatic carbocycles. The third-order valence-corrected chi connectivity index (χ3v) is 5.10. The van der Waals surface area contributed by atoms with E-state index in [9.17, 15) is 0 Å². The number of halogens is 3. The van der Waals surface area contributed by atoms with Gasteiger partial charge >= 0.3 is 0 Å². The van der Waals surface area contributed by atoms with Crippen molar-refractivity contribution in [2.45, 2.75) is 32.4 Å². The zero-order chi connectivity index (χ0) is 18.5. The molecule has 136 valence electrons. The second-order valence-electron chi connectivity index (χ2n) is 6.04. The number of ether oxygens (including phenoxy) is 1. The first-order valence-electron chi connectivity index (χ1n) is 8.42. The molecule has 0 N–H and O–H groups in total. The molecule has 3 rings (SSSR count). The van der Waals surface area contributed by atoms with Crippen molar-refractivity contribution in [3.8, 4) is 5.75 Å². The number of hydrogen-bond donors (Lipinski definition) is 0. The molecule has 26 heavy (non-hydrogen) atoms. The zero-order valence-corrected chi connectivity index (χ0v) is 16.6. The van der Waals surface area contributed by atoms with Gasteiger partial charge in [-0.3, -0.25) is 0 Å². The lowest BCUT2D eigenvalue weighted by molar-refractivity contribution is 0.298. The maximum absolute atomic E-state index is 6.30. The summed E-state index contributed by atoms with van der Waals surface area (Å²) in [6.45, 7) is 2.54. The third-order valence-electron chi connectivity index (χ3n) is 4.14. The Morgan fingerprint density at radius 3 is 2.62 bits per heavy atom. The Bertz CT molecular complexity index is 865. The molecule has 1 atom stereocenters. The standard InChI is InChI=1S/C20H19Cl3N2O/c1-2-4-19(25-8-7-24-13-25)16-10-17(22)18(23)11-20(16)26-12-14-5-3-6-15(21)9-14/h3,5-11,13,19H,2,4,12H2,1H3. The van der Waals surface area contributed by atoms with E-state index in [4.69, 9.17) is 39.5 Å². The van der Waals surface area contributed by atoms with Crippen LogP contribution in [0.25, 0.3) is 0 Å². The van der Waals surface area contributed by atoms with Gasteiger partial charge in [0.1, 0.15) is 12.4 Å².